The first kappa shape index (κ1) is 10.6. The summed E-state index contributed by atoms with van der Waals surface area (Å²) < 4.78 is 0. The molecule has 3 rings (SSSR count). The molecule has 0 amide bonds. The molecule has 1 aromatic rings. The monoisotopic (exact) mass is 227 g/mol. The topological polar surface area (TPSA) is 20.3 Å². The van der Waals surface area contributed by atoms with E-state index in [0.29, 0.717) is 12.5 Å². The van der Waals surface area contributed by atoms with E-state index in [-0.39, 0.29) is 11.8 Å². The molecule has 0 aliphatic carbocycles. The number of hydrogen-bond acceptors (Lipinski definition) is 2. The number of carbonyl (C=O) groups is 1. The lowest BCUT2D eigenvalue weighted by Gasteiger charge is -2.37. The smallest absolute Gasteiger partial charge is 0.159 e. The van der Waals surface area contributed by atoms with Gasteiger partial charge in [0, 0.05) is 24.2 Å². The van der Waals surface area contributed by atoms with Gasteiger partial charge in [0.15, 0.2) is 5.78 Å². The van der Waals surface area contributed by atoms with Crippen LogP contribution in [-0.4, -0.2) is 16.7 Å². The molecule has 0 saturated carbocycles. The van der Waals surface area contributed by atoms with Crippen LogP contribution in [0.25, 0.3) is 0 Å². The molecule has 0 spiro atoms. The van der Waals surface area contributed by atoms with Gasteiger partial charge in [-0.1, -0.05) is 30.3 Å². The second kappa shape index (κ2) is 4.02. The van der Waals surface area contributed by atoms with Crippen LogP contribution in [0.3, 0.4) is 0 Å². The Kier molecular flexibility index (Phi) is 2.50. The van der Waals surface area contributed by atoms with Crippen molar-refractivity contribution in [2.75, 3.05) is 0 Å². The summed E-state index contributed by atoms with van der Waals surface area (Å²) >= 11 is 0. The summed E-state index contributed by atoms with van der Waals surface area (Å²) in [6.45, 7) is 2.26. The predicted octanol–water partition coefficient (Wildman–Crippen LogP) is 3.07. The minimum Gasteiger partial charge on any atom is -0.364 e. The van der Waals surface area contributed by atoms with E-state index >= 15 is 0 Å². The first-order chi connectivity index (χ1) is 8.25. The number of nitrogens with zero attached hydrogens (tertiary/aromatic N) is 1. The highest BCUT2D eigenvalue weighted by Crippen LogP contribution is 2.40. The van der Waals surface area contributed by atoms with E-state index in [1.165, 1.54) is 17.7 Å². The van der Waals surface area contributed by atoms with Crippen LogP contribution in [0.1, 0.15) is 37.8 Å². The fourth-order valence-corrected chi connectivity index (χ4v) is 3.05. The lowest BCUT2D eigenvalue weighted by atomic mass is 9.95. The highest BCUT2D eigenvalue weighted by Gasteiger charge is 2.35. The number of rotatable bonds is 1. The van der Waals surface area contributed by atoms with Crippen molar-refractivity contribution >= 4 is 5.78 Å². The van der Waals surface area contributed by atoms with Crippen molar-refractivity contribution in [1.29, 1.82) is 0 Å². The number of benzene rings is 1. The molecule has 2 nitrogen and oxygen atoms in total. The molecule has 0 bridgehead atoms. The zero-order valence-corrected chi connectivity index (χ0v) is 10.1. The second-order valence-corrected chi connectivity index (χ2v) is 5.03. The van der Waals surface area contributed by atoms with E-state index in [1.54, 1.807) is 0 Å². The van der Waals surface area contributed by atoms with Gasteiger partial charge in [-0.05, 0) is 25.3 Å². The third-order valence-electron chi connectivity index (χ3n) is 3.87. The Bertz CT molecular complexity index is 463. The standard InChI is InChI=1S/C15H17NO/c1-11-7-8-13-9-14(17)10-15(16(11)13)12-5-3-2-4-6-12/h2-6,9,11,15H,7-8,10H2,1H3/t11-,15+/m1/s1. The summed E-state index contributed by atoms with van der Waals surface area (Å²) in [4.78, 5) is 14.2. The van der Waals surface area contributed by atoms with E-state index in [2.05, 4.69) is 36.1 Å². The average Bonchev–Trinajstić information content (AvgIpc) is 2.71. The maximum absolute atomic E-state index is 11.8. The van der Waals surface area contributed by atoms with Crippen LogP contribution >= 0.6 is 0 Å². The molecule has 0 N–H and O–H groups in total. The van der Waals surface area contributed by atoms with Crippen LogP contribution in [0.2, 0.25) is 0 Å². The third-order valence-corrected chi connectivity index (χ3v) is 3.87. The van der Waals surface area contributed by atoms with Gasteiger partial charge in [0.2, 0.25) is 0 Å². The van der Waals surface area contributed by atoms with Crippen LogP contribution in [0.5, 0.6) is 0 Å². The van der Waals surface area contributed by atoms with Crippen molar-refractivity contribution < 1.29 is 4.79 Å². The molecule has 2 heteroatoms. The third kappa shape index (κ3) is 1.78. The molecule has 2 aliphatic rings. The normalized spacial score (nSPS) is 27.9. The molecule has 0 radical (unpaired) electrons. The minimum absolute atomic E-state index is 0.251. The molecule has 88 valence electrons. The molecule has 1 saturated heterocycles. The van der Waals surface area contributed by atoms with Crippen LogP contribution < -0.4 is 0 Å². The maximum Gasteiger partial charge on any atom is 0.159 e. The van der Waals surface area contributed by atoms with Gasteiger partial charge in [-0.2, -0.15) is 0 Å². The van der Waals surface area contributed by atoms with E-state index in [0.717, 1.165) is 6.42 Å². The Morgan fingerprint density at radius 1 is 1.24 bits per heavy atom. The molecule has 2 aliphatic heterocycles. The van der Waals surface area contributed by atoms with Gasteiger partial charge in [-0.15, -0.1) is 0 Å². The number of carbonyl (C=O) groups excluding carboxylic acids is 1. The molecular weight excluding hydrogens is 210 g/mol. The first-order valence-corrected chi connectivity index (χ1v) is 6.32. The van der Waals surface area contributed by atoms with Crippen LogP contribution in [-0.2, 0) is 4.79 Å². The number of hydrogen-bond donors (Lipinski definition) is 0. The second-order valence-electron chi connectivity index (χ2n) is 5.03. The largest absolute Gasteiger partial charge is 0.364 e. The number of fused-ring (bicyclic) bond motifs is 1. The zero-order valence-electron chi connectivity index (χ0n) is 10.1. The predicted molar refractivity (Wildman–Crippen MR) is 67.4 cm³/mol. The van der Waals surface area contributed by atoms with Gasteiger partial charge in [0.05, 0.1) is 6.04 Å². The van der Waals surface area contributed by atoms with Crippen LogP contribution in [0.15, 0.2) is 42.1 Å². The molecule has 0 unspecified atom stereocenters. The average molecular weight is 227 g/mol. The summed E-state index contributed by atoms with van der Waals surface area (Å²) in [5.74, 6) is 0.277. The Morgan fingerprint density at radius 3 is 2.76 bits per heavy atom. The highest BCUT2D eigenvalue weighted by molar-refractivity contribution is 5.91. The quantitative estimate of drug-likeness (QED) is 0.735. The Balaban J connectivity index is 2.00. The maximum atomic E-state index is 11.8. The van der Waals surface area contributed by atoms with Crippen molar-refractivity contribution in [2.24, 2.45) is 0 Å². The van der Waals surface area contributed by atoms with E-state index in [1.807, 2.05) is 12.1 Å². The first-order valence-electron chi connectivity index (χ1n) is 6.32. The summed E-state index contributed by atoms with van der Waals surface area (Å²) in [5.41, 5.74) is 2.50. The van der Waals surface area contributed by atoms with Gasteiger partial charge in [-0.3, -0.25) is 4.79 Å². The lowest BCUT2D eigenvalue weighted by Crippen LogP contribution is -2.34. The fraction of sp³-hybridized carbons (Fsp3) is 0.400. The summed E-state index contributed by atoms with van der Waals surface area (Å²) in [7, 11) is 0. The summed E-state index contributed by atoms with van der Waals surface area (Å²) in [6, 6.07) is 11.2. The minimum atomic E-state index is 0.251. The van der Waals surface area contributed by atoms with Gasteiger partial charge < -0.3 is 4.90 Å². The lowest BCUT2D eigenvalue weighted by molar-refractivity contribution is -0.116. The zero-order chi connectivity index (χ0) is 11.8. The van der Waals surface area contributed by atoms with Gasteiger partial charge in [-0.25, -0.2) is 0 Å². The van der Waals surface area contributed by atoms with Crippen molar-refractivity contribution in [3.63, 3.8) is 0 Å². The van der Waals surface area contributed by atoms with E-state index in [9.17, 15) is 4.79 Å². The number of allylic oxidation sites excluding steroid dienone is 2. The molecule has 1 aromatic carbocycles. The van der Waals surface area contributed by atoms with Crippen molar-refractivity contribution in [2.45, 2.75) is 38.3 Å². The Labute approximate surface area is 102 Å². The molecule has 2 atom stereocenters. The van der Waals surface area contributed by atoms with Crippen LogP contribution in [0, 0.1) is 0 Å². The fourth-order valence-electron chi connectivity index (χ4n) is 3.05. The molecule has 1 fully saturated rings. The molecule has 2 heterocycles. The SMILES string of the molecule is C[C@@H]1CCC2=CC(=O)C[C@@H](c3ccccc3)N21. The molecule has 17 heavy (non-hydrogen) atoms. The van der Waals surface area contributed by atoms with Crippen LogP contribution in [0.4, 0.5) is 0 Å². The van der Waals surface area contributed by atoms with Gasteiger partial charge in [0.1, 0.15) is 0 Å². The summed E-state index contributed by atoms with van der Waals surface area (Å²) in [6.07, 6.45) is 4.69. The Hall–Kier alpha value is -1.57. The van der Waals surface area contributed by atoms with Gasteiger partial charge >= 0.3 is 0 Å². The highest BCUT2D eigenvalue weighted by atomic mass is 16.1. The molecular formula is C15H17NO. The van der Waals surface area contributed by atoms with Crippen molar-refractivity contribution in [3.8, 4) is 0 Å². The Morgan fingerprint density at radius 2 is 2.00 bits per heavy atom. The van der Waals surface area contributed by atoms with E-state index < -0.39 is 0 Å². The van der Waals surface area contributed by atoms with Gasteiger partial charge in [0.25, 0.3) is 0 Å². The van der Waals surface area contributed by atoms with Crippen molar-refractivity contribution in [3.05, 3.63) is 47.7 Å². The van der Waals surface area contributed by atoms with Crippen molar-refractivity contribution in [1.82, 2.24) is 4.90 Å². The van der Waals surface area contributed by atoms with E-state index in [4.69, 9.17) is 0 Å². The molecule has 0 aromatic heterocycles. The number of ketones is 1. The summed E-state index contributed by atoms with van der Waals surface area (Å²) in [5, 5.41) is 0.